The Bertz CT molecular complexity index is 818. The van der Waals surface area contributed by atoms with E-state index in [1.165, 1.54) is 16.8 Å². The van der Waals surface area contributed by atoms with Crippen molar-refractivity contribution in [1.29, 1.82) is 0 Å². The lowest BCUT2D eigenvalue weighted by atomic mass is 10.1. The molecule has 3 rings (SSSR count). The summed E-state index contributed by atoms with van der Waals surface area (Å²) < 4.78 is 33.2. The highest BCUT2D eigenvalue weighted by Gasteiger charge is 2.34. The maximum absolute atomic E-state index is 12.1. The zero-order chi connectivity index (χ0) is 16.6. The molecule has 1 atom stereocenters. The molecule has 0 saturated carbocycles. The zero-order valence-electron chi connectivity index (χ0n) is 13.3. The summed E-state index contributed by atoms with van der Waals surface area (Å²) in [6.07, 6.45) is 6.63. The van der Waals surface area contributed by atoms with Gasteiger partial charge >= 0.3 is 0 Å². The lowest BCUT2D eigenvalue weighted by Gasteiger charge is -2.33. The number of ether oxygens (including phenoxy) is 1. The van der Waals surface area contributed by atoms with Gasteiger partial charge in [-0.2, -0.15) is 4.31 Å². The molecule has 3 heterocycles. The standard InChI is InChI=1S/C14H19N5O3S/c1-10-5-15-6-14(17-10)22-8-11-4-13-12(16-9-18(13)2)7-19(11)23(3,20)21/h5-6,9,11H,4,7-8H2,1-3H3/t11-/m0/s1. The van der Waals surface area contributed by atoms with Gasteiger partial charge in [0.25, 0.3) is 0 Å². The first-order valence-corrected chi connectivity index (χ1v) is 9.07. The van der Waals surface area contributed by atoms with E-state index in [-0.39, 0.29) is 19.2 Å². The summed E-state index contributed by atoms with van der Waals surface area (Å²) in [4.78, 5) is 12.5. The summed E-state index contributed by atoms with van der Waals surface area (Å²) in [5.41, 5.74) is 2.58. The fourth-order valence-electron chi connectivity index (χ4n) is 2.72. The fourth-order valence-corrected chi connectivity index (χ4v) is 3.76. The molecular formula is C14H19N5O3S. The van der Waals surface area contributed by atoms with Crippen molar-refractivity contribution in [3.63, 3.8) is 0 Å². The monoisotopic (exact) mass is 337 g/mol. The van der Waals surface area contributed by atoms with Crippen LogP contribution in [0.3, 0.4) is 0 Å². The number of sulfonamides is 1. The van der Waals surface area contributed by atoms with Gasteiger partial charge in [-0.05, 0) is 6.92 Å². The number of aryl methyl sites for hydroxylation is 2. The minimum atomic E-state index is -3.35. The molecule has 2 aromatic heterocycles. The van der Waals surface area contributed by atoms with Crippen molar-refractivity contribution in [2.75, 3.05) is 12.9 Å². The van der Waals surface area contributed by atoms with Crippen molar-refractivity contribution in [1.82, 2.24) is 23.8 Å². The lowest BCUT2D eigenvalue weighted by molar-refractivity contribution is 0.181. The molecule has 0 aromatic carbocycles. The van der Waals surface area contributed by atoms with Gasteiger partial charge in [-0.25, -0.2) is 18.4 Å². The van der Waals surface area contributed by atoms with Crippen molar-refractivity contribution < 1.29 is 13.2 Å². The van der Waals surface area contributed by atoms with Gasteiger partial charge in [0.2, 0.25) is 15.9 Å². The molecule has 0 radical (unpaired) electrons. The minimum absolute atomic E-state index is 0.218. The predicted octanol–water partition coefficient (Wildman–Crippen LogP) is 0.284. The minimum Gasteiger partial charge on any atom is -0.475 e. The molecule has 0 saturated heterocycles. The van der Waals surface area contributed by atoms with E-state index in [1.54, 1.807) is 12.5 Å². The van der Waals surface area contributed by atoms with Crippen LogP contribution in [0.15, 0.2) is 18.7 Å². The van der Waals surface area contributed by atoms with Crippen molar-refractivity contribution in [3.05, 3.63) is 35.8 Å². The topological polar surface area (TPSA) is 90.2 Å². The maximum Gasteiger partial charge on any atom is 0.232 e. The quantitative estimate of drug-likeness (QED) is 0.796. The first kappa shape index (κ1) is 15.9. The van der Waals surface area contributed by atoms with Crippen molar-refractivity contribution in [2.24, 2.45) is 7.05 Å². The molecule has 0 bridgehead atoms. The first-order chi connectivity index (χ1) is 10.8. The summed E-state index contributed by atoms with van der Waals surface area (Å²) in [7, 11) is -1.44. The van der Waals surface area contributed by atoms with Crippen LogP contribution < -0.4 is 4.74 Å². The molecule has 1 aliphatic rings. The third-order valence-corrected chi connectivity index (χ3v) is 5.15. The summed E-state index contributed by atoms with van der Waals surface area (Å²) >= 11 is 0. The molecule has 0 aliphatic carbocycles. The third-order valence-electron chi connectivity index (χ3n) is 3.87. The fraction of sp³-hybridized carbons (Fsp3) is 0.500. The predicted molar refractivity (Wildman–Crippen MR) is 83.4 cm³/mol. The number of fused-ring (bicyclic) bond motifs is 1. The van der Waals surface area contributed by atoms with Crippen LogP contribution in [0.25, 0.3) is 0 Å². The van der Waals surface area contributed by atoms with Gasteiger partial charge in [-0.3, -0.25) is 4.98 Å². The molecule has 8 nitrogen and oxygen atoms in total. The van der Waals surface area contributed by atoms with E-state index in [2.05, 4.69) is 15.0 Å². The van der Waals surface area contributed by atoms with Gasteiger partial charge in [-0.1, -0.05) is 0 Å². The molecule has 9 heteroatoms. The Morgan fingerprint density at radius 3 is 2.87 bits per heavy atom. The average molecular weight is 337 g/mol. The number of rotatable bonds is 4. The van der Waals surface area contributed by atoms with Gasteiger partial charge in [0.1, 0.15) is 6.61 Å². The number of aromatic nitrogens is 4. The van der Waals surface area contributed by atoms with Crippen LogP contribution in [0.4, 0.5) is 0 Å². The number of hydrogen-bond donors (Lipinski definition) is 0. The van der Waals surface area contributed by atoms with Gasteiger partial charge in [0.15, 0.2) is 0 Å². The second-order valence-electron chi connectivity index (χ2n) is 5.72. The Hall–Kier alpha value is -2.00. The van der Waals surface area contributed by atoms with Crippen molar-refractivity contribution in [3.8, 4) is 5.88 Å². The summed E-state index contributed by atoms with van der Waals surface area (Å²) in [5.74, 6) is 0.397. The average Bonchev–Trinajstić information content (AvgIpc) is 2.84. The Balaban J connectivity index is 1.82. The Labute approximate surface area is 135 Å². The SMILES string of the molecule is Cc1cncc(OC[C@@H]2Cc3c(ncn3C)CN2S(C)(=O)=O)n1. The third kappa shape index (κ3) is 3.35. The molecule has 0 spiro atoms. The second-order valence-corrected chi connectivity index (χ2v) is 7.66. The normalized spacial score (nSPS) is 18.7. The van der Waals surface area contributed by atoms with Gasteiger partial charge in [0.05, 0.1) is 42.8 Å². The zero-order valence-corrected chi connectivity index (χ0v) is 14.1. The van der Waals surface area contributed by atoms with Crippen LogP contribution in [0.1, 0.15) is 17.1 Å². The highest BCUT2D eigenvalue weighted by molar-refractivity contribution is 7.88. The Kier molecular flexibility index (Phi) is 4.07. The van der Waals surface area contributed by atoms with Crippen LogP contribution in [-0.4, -0.2) is 51.1 Å². The van der Waals surface area contributed by atoms with E-state index in [4.69, 9.17) is 4.74 Å². The van der Waals surface area contributed by atoms with Crippen LogP contribution in [-0.2, 0) is 30.0 Å². The second kappa shape index (κ2) is 5.89. The smallest absolute Gasteiger partial charge is 0.232 e. The van der Waals surface area contributed by atoms with E-state index in [9.17, 15) is 8.42 Å². The van der Waals surface area contributed by atoms with E-state index >= 15 is 0 Å². The van der Waals surface area contributed by atoms with Crippen molar-refractivity contribution >= 4 is 10.0 Å². The summed E-state index contributed by atoms with van der Waals surface area (Å²) in [6.45, 7) is 2.31. The molecule has 124 valence electrons. The lowest BCUT2D eigenvalue weighted by Crippen LogP contribution is -2.47. The number of nitrogens with zero attached hydrogens (tertiary/aromatic N) is 5. The van der Waals surface area contributed by atoms with Gasteiger partial charge < -0.3 is 9.30 Å². The van der Waals surface area contributed by atoms with E-state index in [0.29, 0.717) is 12.3 Å². The molecule has 0 unspecified atom stereocenters. The Morgan fingerprint density at radius 2 is 2.17 bits per heavy atom. The molecule has 23 heavy (non-hydrogen) atoms. The van der Waals surface area contributed by atoms with Crippen LogP contribution in [0.2, 0.25) is 0 Å². The van der Waals surface area contributed by atoms with E-state index < -0.39 is 10.0 Å². The number of imidazole rings is 1. The van der Waals surface area contributed by atoms with Gasteiger partial charge in [0, 0.05) is 25.4 Å². The summed E-state index contributed by atoms with van der Waals surface area (Å²) in [5, 5.41) is 0. The molecule has 0 N–H and O–H groups in total. The number of hydrogen-bond acceptors (Lipinski definition) is 6. The van der Waals surface area contributed by atoms with Crippen LogP contribution in [0.5, 0.6) is 5.88 Å². The molecular weight excluding hydrogens is 318 g/mol. The highest BCUT2D eigenvalue weighted by Crippen LogP contribution is 2.24. The van der Waals surface area contributed by atoms with Crippen molar-refractivity contribution in [2.45, 2.75) is 25.9 Å². The molecule has 1 aliphatic heterocycles. The molecule has 0 amide bonds. The highest BCUT2D eigenvalue weighted by atomic mass is 32.2. The molecule has 0 fully saturated rings. The van der Waals surface area contributed by atoms with Crippen LogP contribution >= 0.6 is 0 Å². The van der Waals surface area contributed by atoms with E-state index in [1.807, 2.05) is 18.5 Å². The maximum atomic E-state index is 12.1. The van der Waals surface area contributed by atoms with Gasteiger partial charge in [-0.15, -0.1) is 0 Å². The Morgan fingerprint density at radius 1 is 1.39 bits per heavy atom. The largest absolute Gasteiger partial charge is 0.475 e. The molecule has 2 aromatic rings. The summed E-state index contributed by atoms with van der Waals surface area (Å²) in [6, 6.07) is -0.296. The van der Waals surface area contributed by atoms with E-state index in [0.717, 1.165) is 17.1 Å². The first-order valence-electron chi connectivity index (χ1n) is 7.22. The van der Waals surface area contributed by atoms with Crippen LogP contribution in [0, 0.1) is 6.92 Å².